The van der Waals surface area contributed by atoms with Gasteiger partial charge >= 0.3 is 0 Å². The first-order valence-electron chi connectivity index (χ1n) is 10.5. The summed E-state index contributed by atoms with van der Waals surface area (Å²) in [5.41, 5.74) is 16.4. The highest BCUT2D eigenvalue weighted by molar-refractivity contribution is 7.80. The van der Waals surface area contributed by atoms with Crippen molar-refractivity contribution in [3.8, 4) is 0 Å². The van der Waals surface area contributed by atoms with Gasteiger partial charge in [0.05, 0.1) is 19.0 Å². The summed E-state index contributed by atoms with van der Waals surface area (Å²) in [4.78, 5) is 72.6. The van der Waals surface area contributed by atoms with Crippen molar-refractivity contribution in [2.45, 2.75) is 43.9 Å². The van der Waals surface area contributed by atoms with Gasteiger partial charge in [-0.05, 0) is 24.1 Å². The number of primary amides is 2. The average Bonchev–Trinajstić information content (AvgIpc) is 2.80. The molecule has 0 saturated carbocycles. The van der Waals surface area contributed by atoms with Crippen LogP contribution in [-0.2, 0) is 35.3 Å². The molecule has 0 bridgehead atoms. The van der Waals surface area contributed by atoms with Crippen LogP contribution in [0.25, 0.3) is 0 Å². The third kappa shape index (κ3) is 10.5. The Kier molecular flexibility index (Phi) is 12.4. The zero-order valence-electron chi connectivity index (χ0n) is 18.8. The lowest BCUT2D eigenvalue weighted by atomic mass is 10.1. The van der Waals surface area contributed by atoms with E-state index in [2.05, 4.69) is 23.3 Å². The Labute approximate surface area is 206 Å². The number of carbonyl (C=O) groups excluding carboxylic acids is 6. The number of benzene rings is 1. The van der Waals surface area contributed by atoms with Crippen molar-refractivity contribution >= 4 is 48.5 Å². The number of nitrogens with two attached hydrogens (primary N) is 3. The molecule has 35 heavy (non-hydrogen) atoms. The summed E-state index contributed by atoms with van der Waals surface area (Å²) in [5, 5.41) is 4.65. The molecule has 0 heterocycles. The van der Waals surface area contributed by atoms with Crippen LogP contribution < -0.4 is 27.8 Å². The van der Waals surface area contributed by atoms with E-state index in [-0.39, 0.29) is 31.7 Å². The number of aldehydes is 1. The van der Waals surface area contributed by atoms with E-state index in [0.717, 1.165) is 4.90 Å². The van der Waals surface area contributed by atoms with Gasteiger partial charge in [0.1, 0.15) is 24.2 Å². The van der Waals surface area contributed by atoms with E-state index in [1.54, 1.807) is 0 Å². The van der Waals surface area contributed by atoms with E-state index in [1.807, 2.05) is 0 Å². The number of halogens is 1. The Morgan fingerprint density at radius 3 is 2.11 bits per heavy atom. The second kappa shape index (κ2) is 14.7. The Hall–Kier alpha value is -3.52. The SMILES string of the molecule is NC(=O)CC[C@H](N)C(=O)N[C@@H](CC(N)=O)C(=O)N[C@@H](CS)C(=O)N(CC=O)Cc1ccc(F)cc1. The smallest absolute Gasteiger partial charge is 0.246 e. The largest absolute Gasteiger partial charge is 0.370 e. The zero-order chi connectivity index (χ0) is 26.5. The molecule has 0 aliphatic heterocycles. The summed E-state index contributed by atoms with van der Waals surface area (Å²) in [6, 6.07) is 1.38. The first-order chi connectivity index (χ1) is 16.5. The molecule has 5 amide bonds. The normalized spacial score (nSPS) is 13.1. The monoisotopic (exact) mass is 512 g/mol. The van der Waals surface area contributed by atoms with Gasteiger partial charge in [-0.2, -0.15) is 12.6 Å². The van der Waals surface area contributed by atoms with Crippen LogP contribution in [-0.4, -0.2) is 71.1 Å². The van der Waals surface area contributed by atoms with Gasteiger partial charge in [-0.25, -0.2) is 4.39 Å². The maximum atomic E-state index is 13.2. The zero-order valence-corrected chi connectivity index (χ0v) is 19.7. The molecule has 3 atom stereocenters. The van der Waals surface area contributed by atoms with Gasteiger partial charge in [0.2, 0.25) is 29.5 Å². The van der Waals surface area contributed by atoms with E-state index in [1.165, 1.54) is 24.3 Å². The predicted octanol–water partition coefficient (Wildman–Crippen LogP) is -2.28. The van der Waals surface area contributed by atoms with Crippen molar-refractivity contribution in [3.63, 3.8) is 0 Å². The van der Waals surface area contributed by atoms with Crippen molar-refractivity contribution in [2.24, 2.45) is 17.2 Å². The van der Waals surface area contributed by atoms with Gasteiger partial charge in [-0.15, -0.1) is 0 Å². The molecular weight excluding hydrogens is 483 g/mol. The lowest BCUT2D eigenvalue weighted by molar-refractivity contribution is -0.138. The van der Waals surface area contributed by atoms with Crippen LogP contribution in [0.5, 0.6) is 0 Å². The Morgan fingerprint density at radius 2 is 1.60 bits per heavy atom. The van der Waals surface area contributed by atoms with E-state index in [9.17, 15) is 33.2 Å². The van der Waals surface area contributed by atoms with Crippen molar-refractivity contribution in [2.75, 3.05) is 12.3 Å². The first-order valence-corrected chi connectivity index (χ1v) is 11.1. The second-order valence-electron chi connectivity index (χ2n) is 7.60. The quantitative estimate of drug-likeness (QED) is 0.112. The van der Waals surface area contributed by atoms with Crippen molar-refractivity contribution in [3.05, 3.63) is 35.6 Å². The summed E-state index contributed by atoms with van der Waals surface area (Å²) in [7, 11) is 0. The fourth-order valence-corrected chi connectivity index (χ4v) is 3.18. The topological polar surface area (TPSA) is 208 Å². The molecule has 0 saturated heterocycles. The maximum absolute atomic E-state index is 13.2. The molecule has 14 heteroatoms. The van der Waals surface area contributed by atoms with Gasteiger partial charge in [0.25, 0.3) is 0 Å². The molecular formula is C21H29FN6O6S. The lowest BCUT2D eigenvalue weighted by Gasteiger charge is -2.27. The first kappa shape index (κ1) is 29.5. The molecule has 1 rings (SSSR count). The molecule has 0 spiro atoms. The molecule has 0 fully saturated rings. The molecule has 12 nitrogen and oxygen atoms in total. The number of thiol groups is 1. The van der Waals surface area contributed by atoms with Gasteiger partial charge in [0.15, 0.2) is 0 Å². The highest BCUT2D eigenvalue weighted by Gasteiger charge is 2.30. The molecule has 0 aromatic heterocycles. The van der Waals surface area contributed by atoms with Crippen LogP contribution >= 0.6 is 12.6 Å². The predicted molar refractivity (Wildman–Crippen MR) is 126 cm³/mol. The third-order valence-corrected chi connectivity index (χ3v) is 5.13. The fraction of sp³-hybridized carbons (Fsp3) is 0.429. The third-order valence-electron chi connectivity index (χ3n) is 4.77. The average molecular weight is 513 g/mol. The summed E-state index contributed by atoms with van der Waals surface area (Å²) in [6.45, 7) is -0.360. The van der Waals surface area contributed by atoms with Crippen molar-refractivity contribution in [1.82, 2.24) is 15.5 Å². The molecule has 0 radical (unpaired) electrons. The number of nitrogens with zero attached hydrogens (tertiary/aromatic N) is 1. The lowest BCUT2D eigenvalue weighted by Crippen LogP contribution is -2.57. The number of hydrogen-bond acceptors (Lipinski definition) is 8. The Morgan fingerprint density at radius 1 is 1.00 bits per heavy atom. The molecule has 0 aliphatic rings. The Bertz CT molecular complexity index is 931. The number of hydrogen-bond donors (Lipinski definition) is 6. The van der Waals surface area contributed by atoms with Gasteiger partial charge in [0, 0.05) is 18.7 Å². The number of nitrogens with one attached hydrogen (secondary N) is 2. The molecule has 0 aliphatic carbocycles. The van der Waals surface area contributed by atoms with Crippen LogP contribution in [0, 0.1) is 5.82 Å². The van der Waals surface area contributed by atoms with E-state index in [0.29, 0.717) is 11.8 Å². The number of amides is 5. The second-order valence-corrected chi connectivity index (χ2v) is 7.96. The van der Waals surface area contributed by atoms with E-state index < -0.39 is 59.9 Å². The van der Waals surface area contributed by atoms with Crippen molar-refractivity contribution < 1.29 is 33.2 Å². The van der Waals surface area contributed by atoms with E-state index >= 15 is 0 Å². The van der Waals surface area contributed by atoms with Crippen LogP contribution in [0.4, 0.5) is 4.39 Å². The molecule has 8 N–H and O–H groups in total. The van der Waals surface area contributed by atoms with Crippen molar-refractivity contribution in [1.29, 1.82) is 0 Å². The van der Waals surface area contributed by atoms with Crippen LogP contribution in [0.15, 0.2) is 24.3 Å². The van der Waals surface area contributed by atoms with E-state index in [4.69, 9.17) is 17.2 Å². The number of rotatable bonds is 15. The number of carbonyl (C=O) groups is 6. The van der Waals surface area contributed by atoms with Gasteiger partial charge in [-0.3, -0.25) is 24.0 Å². The molecule has 1 aromatic rings. The minimum absolute atomic E-state index is 0.0475. The maximum Gasteiger partial charge on any atom is 0.246 e. The van der Waals surface area contributed by atoms with Crippen LogP contribution in [0.3, 0.4) is 0 Å². The van der Waals surface area contributed by atoms with Gasteiger partial charge < -0.3 is 37.5 Å². The van der Waals surface area contributed by atoms with Gasteiger partial charge in [-0.1, -0.05) is 12.1 Å². The van der Waals surface area contributed by atoms with Crippen LogP contribution in [0.1, 0.15) is 24.8 Å². The minimum atomic E-state index is -1.47. The standard InChI is InChI=1S/C21H29FN6O6S/c22-13-3-1-12(2-4-13)10-28(7-8-29)21(34)16(11-35)27-20(33)15(9-18(25)31)26-19(32)14(23)5-6-17(24)30/h1-4,8,14-16,35H,5-7,9-11,23H2,(H2,24,30)(H2,25,31)(H,26,32)(H,27,33)/t14-,15-,16-/m0/s1. The summed E-state index contributed by atoms with van der Waals surface area (Å²) in [5.74, 6) is -4.66. The molecule has 192 valence electrons. The minimum Gasteiger partial charge on any atom is -0.370 e. The highest BCUT2D eigenvalue weighted by atomic mass is 32.1. The summed E-state index contributed by atoms with van der Waals surface area (Å²) < 4.78 is 13.2. The summed E-state index contributed by atoms with van der Waals surface area (Å²) in [6.07, 6.45) is -0.365. The Balaban J connectivity index is 2.94. The highest BCUT2D eigenvalue weighted by Crippen LogP contribution is 2.09. The van der Waals surface area contributed by atoms with Crippen LogP contribution in [0.2, 0.25) is 0 Å². The molecule has 1 aromatic carbocycles. The summed E-state index contributed by atoms with van der Waals surface area (Å²) >= 11 is 4.08. The fourth-order valence-electron chi connectivity index (χ4n) is 2.93. The molecule has 0 unspecified atom stereocenters.